The Morgan fingerprint density at radius 1 is 1.35 bits per heavy atom. The third-order valence-electron chi connectivity index (χ3n) is 2.39. The van der Waals surface area contributed by atoms with Crippen molar-refractivity contribution in [3.63, 3.8) is 0 Å². The van der Waals surface area contributed by atoms with Gasteiger partial charge < -0.3 is 15.6 Å². The van der Waals surface area contributed by atoms with E-state index < -0.39 is 12.1 Å². The standard InChI is InChI=1S/C13H19NO3/c1-10(14)7-8-12(15)13(16)17-9-11-5-3-2-4-6-11/h2-6,10,12,15H,7-9,14H2,1H3/t10-,12+/m1/s1. The van der Waals surface area contributed by atoms with Crippen LogP contribution >= 0.6 is 0 Å². The molecule has 4 heteroatoms. The second kappa shape index (κ2) is 7.04. The number of hydrogen-bond donors (Lipinski definition) is 2. The first-order valence-corrected chi connectivity index (χ1v) is 5.74. The van der Waals surface area contributed by atoms with Gasteiger partial charge in [-0.1, -0.05) is 30.3 Å². The molecule has 0 saturated carbocycles. The highest BCUT2D eigenvalue weighted by molar-refractivity contribution is 5.74. The smallest absolute Gasteiger partial charge is 0.335 e. The van der Waals surface area contributed by atoms with E-state index in [0.717, 1.165) is 5.56 Å². The minimum absolute atomic E-state index is 0.0217. The van der Waals surface area contributed by atoms with Crippen LogP contribution in [0.2, 0.25) is 0 Å². The first kappa shape index (κ1) is 13.7. The van der Waals surface area contributed by atoms with Crippen LogP contribution in [0.1, 0.15) is 25.3 Å². The molecule has 1 aromatic carbocycles. The molecule has 17 heavy (non-hydrogen) atoms. The number of ether oxygens (including phenoxy) is 1. The summed E-state index contributed by atoms with van der Waals surface area (Å²) in [6, 6.07) is 9.34. The normalized spacial score (nSPS) is 14.1. The van der Waals surface area contributed by atoms with Crippen molar-refractivity contribution in [1.29, 1.82) is 0 Å². The van der Waals surface area contributed by atoms with Crippen LogP contribution in [0.4, 0.5) is 0 Å². The van der Waals surface area contributed by atoms with E-state index in [4.69, 9.17) is 10.5 Å². The molecule has 0 aromatic heterocycles. The van der Waals surface area contributed by atoms with Crippen molar-refractivity contribution in [2.24, 2.45) is 5.73 Å². The zero-order chi connectivity index (χ0) is 12.7. The maximum Gasteiger partial charge on any atom is 0.335 e. The molecule has 0 amide bonds. The number of carbonyl (C=O) groups excluding carboxylic acids is 1. The van der Waals surface area contributed by atoms with E-state index >= 15 is 0 Å². The molecule has 0 unspecified atom stereocenters. The molecule has 0 fully saturated rings. The summed E-state index contributed by atoms with van der Waals surface area (Å²) in [6.07, 6.45) is -0.142. The molecule has 0 bridgehead atoms. The van der Waals surface area contributed by atoms with Gasteiger partial charge in [0.15, 0.2) is 6.10 Å². The summed E-state index contributed by atoms with van der Waals surface area (Å²) in [5, 5.41) is 9.51. The predicted molar refractivity (Wildman–Crippen MR) is 65.1 cm³/mol. The number of nitrogens with two attached hydrogens (primary N) is 1. The monoisotopic (exact) mass is 237 g/mol. The van der Waals surface area contributed by atoms with Gasteiger partial charge in [0, 0.05) is 6.04 Å². The minimum atomic E-state index is -1.08. The predicted octanol–water partition coefficient (Wildman–Crippen LogP) is 1.22. The van der Waals surface area contributed by atoms with Crippen LogP contribution in [-0.2, 0) is 16.1 Å². The number of rotatable bonds is 6. The average molecular weight is 237 g/mol. The molecule has 1 aromatic rings. The van der Waals surface area contributed by atoms with Crippen LogP contribution in [-0.4, -0.2) is 23.2 Å². The Morgan fingerprint density at radius 3 is 2.59 bits per heavy atom. The Hall–Kier alpha value is -1.39. The largest absolute Gasteiger partial charge is 0.459 e. The van der Waals surface area contributed by atoms with Gasteiger partial charge in [-0.15, -0.1) is 0 Å². The summed E-state index contributed by atoms with van der Waals surface area (Å²) in [5.41, 5.74) is 6.45. The van der Waals surface area contributed by atoms with Crippen LogP contribution in [0.5, 0.6) is 0 Å². The van der Waals surface area contributed by atoms with Gasteiger partial charge in [0.1, 0.15) is 6.61 Å². The number of aliphatic hydroxyl groups is 1. The maximum absolute atomic E-state index is 11.4. The zero-order valence-electron chi connectivity index (χ0n) is 10.0. The van der Waals surface area contributed by atoms with E-state index in [9.17, 15) is 9.90 Å². The molecule has 1 rings (SSSR count). The fraction of sp³-hybridized carbons (Fsp3) is 0.462. The van der Waals surface area contributed by atoms with E-state index in [1.807, 2.05) is 37.3 Å². The third kappa shape index (κ3) is 5.47. The van der Waals surface area contributed by atoms with E-state index in [1.165, 1.54) is 0 Å². The number of aliphatic hydroxyl groups excluding tert-OH is 1. The summed E-state index contributed by atoms with van der Waals surface area (Å²) in [4.78, 5) is 11.4. The molecule has 0 saturated heterocycles. The lowest BCUT2D eigenvalue weighted by Crippen LogP contribution is -2.26. The van der Waals surface area contributed by atoms with Gasteiger partial charge in [0.2, 0.25) is 0 Å². The zero-order valence-corrected chi connectivity index (χ0v) is 10.0. The van der Waals surface area contributed by atoms with Crippen LogP contribution in [0.15, 0.2) is 30.3 Å². The van der Waals surface area contributed by atoms with E-state index in [1.54, 1.807) is 0 Å². The molecule has 4 nitrogen and oxygen atoms in total. The third-order valence-corrected chi connectivity index (χ3v) is 2.39. The molecular weight excluding hydrogens is 218 g/mol. The van der Waals surface area contributed by atoms with Crippen molar-refractivity contribution < 1.29 is 14.6 Å². The lowest BCUT2D eigenvalue weighted by atomic mass is 10.1. The summed E-state index contributed by atoms with van der Waals surface area (Å²) in [5.74, 6) is -0.588. The van der Waals surface area contributed by atoms with Crippen molar-refractivity contribution in [3.05, 3.63) is 35.9 Å². The Balaban J connectivity index is 2.29. The fourth-order valence-electron chi connectivity index (χ4n) is 1.36. The highest BCUT2D eigenvalue weighted by Crippen LogP contribution is 2.05. The fourth-order valence-corrected chi connectivity index (χ4v) is 1.36. The Morgan fingerprint density at radius 2 is 2.00 bits per heavy atom. The summed E-state index contributed by atoms with van der Waals surface area (Å²) in [6.45, 7) is 2.02. The summed E-state index contributed by atoms with van der Waals surface area (Å²) in [7, 11) is 0. The van der Waals surface area contributed by atoms with Crippen molar-refractivity contribution >= 4 is 5.97 Å². The number of hydrogen-bond acceptors (Lipinski definition) is 4. The Kier molecular flexibility index (Phi) is 5.66. The van der Waals surface area contributed by atoms with E-state index in [-0.39, 0.29) is 12.6 Å². The second-order valence-electron chi connectivity index (χ2n) is 4.16. The van der Waals surface area contributed by atoms with Crippen LogP contribution < -0.4 is 5.73 Å². The first-order chi connectivity index (χ1) is 8.09. The van der Waals surface area contributed by atoms with Gasteiger partial charge in [-0.3, -0.25) is 0 Å². The van der Waals surface area contributed by atoms with E-state index in [2.05, 4.69) is 0 Å². The van der Waals surface area contributed by atoms with Crippen LogP contribution in [0.3, 0.4) is 0 Å². The van der Waals surface area contributed by atoms with Gasteiger partial charge in [-0.05, 0) is 25.3 Å². The summed E-state index contributed by atoms with van der Waals surface area (Å²) >= 11 is 0. The quantitative estimate of drug-likeness (QED) is 0.730. The Labute approximate surface area is 101 Å². The first-order valence-electron chi connectivity index (χ1n) is 5.74. The van der Waals surface area contributed by atoms with Gasteiger partial charge >= 0.3 is 5.97 Å². The van der Waals surface area contributed by atoms with Gasteiger partial charge in [0.25, 0.3) is 0 Å². The number of carbonyl (C=O) groups is 1. The second-order valence-corrected chi connectivity index (χ2v) is 4.16. The maximum atomic E-state index is 11.4. The minimum Gasteiger partial charge on any atom is -0.459 e. The topological polar surface area (TPSA) is 72.5 Å². The average Bonchev–Trinajstić information content (AvgIpc) is 2.34. The molecule has 2 atom stereocenters. The van der Waals surface area contributed by atoms with Gasteiger partial charge in [-0.25, -0.2) is 4.79 Å². The molecule has 0 aliphatic carbocycles. The van der Waals surface area contributed by atoms with E-state index in [0.29, 0.717) is 12.8 Å². The molecular formula is C13H19NO3. The van der Waals surface area contributed by atoms with Crippen LogP contribution in [0.25, 0.3) is 0 Å². The Bertz CT molecular complexity index is 338. The molecule has 0 aliphatic rings. The van der Waals surface area contributed by atoms with Gasteiger partial charge in [-0.2, -0.15) is 0 Å². The lowest BCUT2D eigenvalue weighted by Gasteiger charge is -2.11. The lowest BCUT2D eigenvalue weighted by molar-refractivity contribution is -0.155. The molecule has 0 spiro atoms. The van der Waals surface area contributed by atoms with Crippen molar-refractivity contribution in [2.75, 3.05) is 0 Å². The highest BCUT2D eigenvalue weighted by Gasteiger charge is 2.16. The van der Waals surface area contributed by atoms with Crippen LogP contribution in [0, 0.1) is 0 Å². The molecule has 0 heterocycles. The number of esters is 1. The number of benzene rings is 1. The molecule has 3 N–H and O–H groups in total. The highest BCUT2D eigenvalue weighted by atomic mass is 16.5. The molecule has 0 aliphatic heterocycles. The molecule has 94 valence electrons. The van der Waals surface area contributed by atoms with Crippen molar-refractivity contribution in [3.8, 4) is 0 Å². The van der Waals surface area contributed by atoms with Gasteiger partial charge in [0.05, 0.1) is 0 Å². The SMILES string of the molecule is C[C@@H](N)CC[C@H](O)C(=O)OCc1ccccc1. The van der Waals surface area contributed by atoms with Crippen molar-refractivity contribution in [1.82, 2.24) is 0 Å². The summed E-state index contributed by atoms with van der Waals surface area (Å²) < 4.78 is 4.99. The van der Waals surface area contributed by atoms with Crippen molar-refractivity contribution in [2.45, 2.75) is 38.5 Å². The molecule has 0 radical (unpaired) electrons.